The molecule has 0 saturated carbocycles. The lowest BCUT2D eigenvalue weighted by molar-refractivity contribution is -0.123. The maximum absolute atomic E-state index is 11.8. The summed E-state index contributed by atoms with van der Waals surface area (Å²) >= 11 is 0. The number of primary amides is 1. The Hall–Kier alpha value is -2.17. The van der Waals surface area contributed by atoms with Crippen molar-refractivity contribution in [3.05, 3.63) is 28.7 Å². The average molecular weight is 301 g/mol. The Morgan fingerprint density at radius 1 is 1.50 bits per heavy atom. The Balaban J connectivity index is 2.32. The van der Waals surface area contributed by atoms with Gasteiger partial charge in [-0.15, -0.1) is 0 Å². The molecule has 2 aromatic rings. The first-order valence-electron chi connectivity index (χ1n) is 5.33. The molecule has 0 atom stereocenters. The van der Waals surface area contributed by atoms with Crippen LogP contribution in [0.3, 0.4) is 0 Å². The van der Waals surface area contributed by atoms with Crippen molar-refractivity contribution in [1.82, 2.24) is 9.45 Å². The zero-order valence-electron chi connectivity index (χ0n) is 10.3. The van der Waals surface area contributed by atoms with Crippen molar-refractivity contribution in [1.29, 1.82) is 0 Å². The molecule has 0 bridgehead atoms. The number of aryl methyl sites for hydroxylation is 1. The summed E-state index contributed by atoms with van der Waals surface area (Å²) < 4.78 is 29.8. The molecule has 0 spiro atoms. The molecule has 0 unspecified atom stereocenters. The van der Waals surface area contributed by atoms with E-state index in [0.717, 1.165) is 0 Å². The zero-order chi connectivity index (χ0) is 14.9. The molecule has 0 saturated heterocycles. The third-order valence-electron chi connectivity index (χ3n) is 2.46. The smallest absolute Gasteiger partial charge is 0.408 e. The average Bonchev–Trinajstić information content (AvgIpc) is 2.64. The van der Waals surface area contributed by atoms with Crippen molar-refractivity contribution < 1.29 is 22.5 Å². The maximum atomic E-state index is 11.8. The Labute approximate surface area is 112 Å². The van der Waals surface area contributed by atoms with Gasteiger partial charge in [0.2, 0.25) is 5.91 Å². The fraction of sp³-hybridized carbons (Fsp3) is 0.200. The van der Waals surface area contributed by atoms with Gasteiger partial charge in [-0.25, -0.2) is 13.2 Å². The van der Waals surface area contributed by atoms with Crippen LogP contribution in [0.4, 0.5) is 0 Å². The van der Waals surface area contributed by atoms with Gasteiger partial charge in [0.25, 0.3) is 10.0 Å². The molecule has 10 heteroatoms. The van der Waals surface area contributed by atoms with E-state index in [4.69, 9.17) is 10.2 Å². The summed E-state index contributed by atoms with van der Waals surface area (Å²) in [6, 6.07) is 3.86. The lowest BCUT2D eigenvalue weighted by Gasteiger charge is -2.05. The van der Waals surface area contributed by atoms with Crippen molar-refractivity contribution in [2.75, 3.05) is 6.61 Å². The third kappa shape index (κ3) is 2.71. The van der Waals surface area contributed by atoms with Crippen LogP contribution >= 0.6 is 0 Å². The molecule has 0 aliphatic heterocycles. The van der Waals surface area contributed by atoms with E-state index in [1.165, 1.54) is 29.8 Å². The van der Waals surface area contributed by atoms with Gasteiger partial charge in [-0.05, 0) is 12.1 Å². The number of carbonyl (C=O) groups excluding carboxylic acids is 1. The van der Waals surface area contributed by atoms with Crippen LogP contribution in [0.5, 0.6) is 0 Å². The number of aromatic nitrogens is 1. The van der Waals surface area contributed by atoms with Crippen LogP contribution < -0.4 is 16.4 Å². The molecular formula is C10H11N3O6S. The van der Waals surface area contributed by atoms with Crippen molar-refractivity contribution in [3.63, 3.8) is 0 Å². The van der Waals surface area contributed by atoms with Crippen LogP contribution in [0.15, 0.2) is 32.3 Å². The Bertz CT molecular complexity index is 819. The Morgan fingerprint density at radius 3 is 2.85 bits per heavy atom. The highest BCUT2D eigenvalue weighted by molar-refractivity contribution is 7.89. The van der Waals surface area contributed by atoms with Crippen LogP contribution in [-0.2, 0) is 26.7 Å². The van der Waals surface area contributed by atoms with E-state index in [1.54, 1.807) is 4.89 Å². The number of hydrogen-bond donors (Lipinski definition) is 2. The molecule has 9 nitrogen and oxygen atoms in total. The summed E-state index contributed by atoms with van der Waals surface area (Å²) in [7, 11) is -2.51. The van der Waals surface area contributed by atoms with Crippen molar-refractivity contribution >= 4 is 27.0 Å². The molecule has 1 aromatic heterocycles. The highest BCUT2D eigenvalue weighted by Gasteiger charge is 2.17. The monoisotopic (exact) mass is 301 g/mol. The molecule has 2 rings (SSSR count). The van der Waals surface area contributed by atoms with Crippen molar-refractivity contribution in [3.8, 4) is 0 Å². The molecule has 0 fully saturated rings. The first kappa shape index (κ1) is 14.2. The number of benzene rings is 1. The second kappa shape index (κ2) is 5.07. The SMILES string of the molecule is Cn1c(=O)oc2cc(S(=O)(=O)NOCC(N)=O)ccc21. The number of nitrogens with two attached hydrogens (primary N) is 1. The number of amides is 1. The van der Waals surface area contributed by atoms with Gasteiger partial charge in [0.05, 0.1) is 10.4 Å². The van der Waals surface area contributed by atoms with E-state index in [1.807, 2.05) is 0 Å². The van der Waals surface area contributed by atoms with Gasteiger partial charge in [0.15, 0.2) is 5.58 Å². The lowest BCUT2D eigenvalue weighted by Crippen LogP contribution is -2.29. The number of carbonyl (C=O) groups is 1. The van der Waals surface area contributed by atoms with Crippen LogP contribution in [0.2, 0.25) is 0 Å². The number of rotatable bonds is 5. The van der Waals surface area contributed by atoms with Gasteiger partial charge in [-0.3, -0.25) is 14.2 Å². The van der Waals surface area contributed by atoms with Crippen molar-refractivity contribution in [2.24, 2.45) is 12.8 Å². The van der Waals surface area contributed by atoms with E-state index in [2.05, 4.69) is 4.84 Å². The van der Waals surface area contributed by atoms with E-state index in [9.17, 15) is 18.0 Å². The molecular weight excluding hydrogens is 290 g/mol. The molecule has 108 valence electrons. The van der Waals surface area contributed by atoms with E-state index in [0.29, 0.717) is 5.52 Å². The topological polar surface area (TPSA) is 134 Å². The van der Waals surface area contributed by atoms with Crippen LogP contribution in [-0.4, -0.2) is 25.5 Å². The molecule has 3 N–H and O–H groups in total. The molecule has 0 aliphatic rings. The number of nitrogens with zero attached hydrogens (tertiary/aromatic N) is 1. The first-order valence-corrected chi connectivity index (χ1v) is 6.81. The highest BCUT2D eigenvalue weighted by atomic mass is 32.2. The minimum Gasteiger partial charge on any atom is -0.408 e. The minimum atomic E-state index is -4.00. The van der Waals surface area contributed by atoms with Gasteiger partial charge < -0.3 is 10.2 Å². The minimum absolute atomic E-state index is 0.121. The molecule has 0 radical (unpaired) electrons. The van der Waals surface area contributed by atoms with E-state index in [-0.39, 0.29) is 10.5 Å². The summed E-state index contributed by atoms with van der Waals surface area (Å²) in [6.07, 6.45) is 0. The standard InChI is InChI=1S/C10H11N3O6S/c1-13-7-3-2-6(4-8(7)19-10(13)15)20(16,17)12-18-5-9(11)14/h2-4,12H,5H2,1H3,(H2,11,14). The summed E-state index contributed by atoms with van der Waals surface area (Å²) in [5.41, 5.74) is 5.37. The summed E-state index contributed by atoms with van der Waals surface area (Å²) in [5, 5.41) is 0. The number of nitrogens with one attached hydrogen (secondary N) is 1. The van der Waals surface area contributed by atoms with Gasteiger partial charge in [-0.2, -0.15) is 0 Å². The highest BCUT2D eigenvalue weighted by Crippen LogP contribution is 2.17. The fourth-order valence-corrected chi connectivity index (χ4v) is 2.33. The maximum Gasteiger partial charge on any atom is 0.419 e. The van der Waals surface area contributed by atoms with Gasteiger partial charge in [0, 0.05) is 13.1 Å². The normalized spacial score (nSPS) is 11.8. The number of fused-ring (bicyclic) bond motifs is 1. The summed E-state index contributed by atoms with van der Waals surface area (Å²) in [4.78, 5) is 27.8. The predicted octanol–water partition coefficient (Wildman–Crippen LogP) is -1.17. The number of sulfonamides is 1. The summed E-state index contributed by atoms with van der Waals surface area (Å²) in [5.74, 6) is -1.43. The van der Waals surface area contributed by atoms with Gasteiger partial charge in [-0.1, -0.05) is 4.89 Å². The molecule has 0 aliphatic carbocycles. The lowest BCUT2D eigenvalue weighted by atomic mass is 10.3. The van der Waals surface area contributed by atoms with Gasteiger partial charge >= 0.3 is 5.76 Å². The first-order chi connectivity index (χ1) is 9.31. The van der Waals surface area contributed by atoms with Crippen LogP contribution in [0.25, 0.3) is 11.1 Å². The Morgan fingerprint density at radius 2 is 2.20 bits per heavy atom. The quantitative estimate of drug-likeness (QED) is 0.668. The molecule has 1 heterocycles. The van der Waals surface area contributed by atoms with Gasteiger partial charge in [0.1, 0.15) is 6.61 Å². The van der Waals surface area contributed by atoms with Crippen LogP contribution in [0, 0.1) is 0 Å². The Kier molecular flexibility index (Phi) is 3.61. The predicted molar refractivity (Wildman–Crippen MR) is 66.9 cm³/mol. The molecule has 1 amide bonds. The van der Waals surface area contributed by atoms with E-state index >= 15 is 0 Å². The molecule has 20 heavy (non-hydrogen) atoms. The molecule has 1 aromatic carbocycles. The van der Waals surface area contributed by atoms with E-state index < -0.39 is 28.3 Å². The zero-order valence-corrected chi connectivity index (χ0v) is 11.1. The largest absolute Gasteiger partial charge is 0.419 e. The number of hydrogen-bond acceptors (Lipinski definition) is 6. The second-order valence-corrected chi connectivity index (χ2v) is 5.54. The third-order valence-corrected chi connectivity index (χ3v) is 3.67. The number of oxazole rings is 1. The van der Waals surface area contributed by atoms with Crippen molar-refractivity contribution in [2.45, 2.75) is 4.90 Å². The van der Waals surface area contributed by atoms with Crippen LogP contribution in [0.1, 0.15) is 0 Å². The second-order valence-electron chi connectivity index (χ2n) is 3.90. The summed E-state index contributed by atoms with van der Waals surface area (Å²) in [6.45, 7) is -0.595. The fourth-order valence-electron chi connectivity index (χ4n) is 1.51.